The molecule has 0 spiro atoms. The second-order valence-electron chi connectivity index (χ2n) is 3.41. The number of imide groups is 1. The molecule has 1 unspecified atom stereocenters. The van der Waals surface area contributed by atoms with Crippen LogP contribution in [-0.4, -0.2) is 11.8 Å². The molecule has 3 nitrogen and oxygen atoms in total. The zero-order chi connectivity index (χ0) is 13.3. The van der Waals surface area contributed by atoms with Crippen LogP contribution >= 0.6 is 0 Å². The first-order valence-electron chi connectivity index (χ1n) is 5.98. The van der Waals surface area contributed by atoms with Crippen LogP contribution in [0.2, 0.25) is 0 Å². The van der Waals surface area contributed by atoms with Crippen molar-refractivity contribution >= 4 is 11.8 Å². The monoisotopic (exact) mass is 235 g/mol. The van der Waals surface area contributed by atoms with Gasteiger partial charge in [-0.15, -0.1) is 0 Å². The normalized spacial score (nSPS) is 20.6. The van der Waals surface area contributed by atoms with Gasteiger partial charge in [-0.1, -0.05) is 44.7 Å². The molecule has 1 saturated heterocycles. The van der Waals surface area contributed by atoms with Gasteiger partial charge < -0.3 is 0 Å². The number of carbonyl (C=O) groups excluding carboxylic acids is 2. The van der Waals surface area contributed by atoms with Crippen molar-refractivity contribution in [1.82, 2.24) is 5.32 Å². The van der Waals surface area contributed by atoms with Gasteiger partial charge in [0, 0.05) is 6.42 Å². The molecule has 1 fully saturated rings. The van der Waals surface area contributed by atoms with E-state index < -0.39 is 0 Å². The summed E-state index contributed by atoms with van der Waals surface area (Å²) in [5.74, 6) is -0.621. The average Bonchev–Trinajstić information content (AvgIpc) is 2.32. The van der Waals surface area contributed by atoms with Gasteiger partial charge in [0.25, 0.3) is 0 Å². The van der Waals surface area contributed by atoms with Crippen molar-refractivity contribution in [2.45, 2.75) is 33.6 Å². The first-order valence-corrected chi connectivity index (χ1v) is 5.98. The average molecular weight is 235 g/mol. The molecule has 0 bridgehead atoms. The quantitative estimate of drug-likeness (QED) is 0.604. The fourth-order valence-electron chi connectivity index (χ4n) is 1.63. The van der Waals surface area contributed by atoms with Crippen LogP contribution in [0.15, 0.2) is 36.5 Å². The molecule has 1 aliphatic heterocycles. The molecule has 0 aliphatic carbocycles. The zero-order valence-corrected chi connectivity index (χ0v) is 10.8. The summed E-state index contributed by atoms with van der Waals surface area (Å²) < 4.78 is 0. The summed E-state index contributed by atoms with van der Waals surface area (Å²) in [5.41, 5.74) is 0.900. The first-order chi connectivity index (χ1) is 8.19. The van der Waals surface area contributed by atoms with Gasteiger partial charge in [0.1, 0.15) is 0 Å². The van der Waals surface area contributed by atoms with E-state index in [4.69, 9.17) is 0 Å². The Morgan fingerprint density at radius 2 is 2.06 bits per heavy atom. The Labute approximate surface area is 103 Å². The van der Waals surface area contributed by atoms with Gasteiger partial charge in [-0.05, 0) is 18.9 Å². The second-order valence-corrected chi connectivity index (χ2v) is 3.41. The summed E-state index contributed by atoms with van der Waals surface area (Å²) in [7, 11) is 0. The van der Waals surface area contributed by atoms with Crippen LogP contribution < -0.4 is 5.32 Å². The van der Waals surface area contributed by atoms with Crippen molar-refractivity contribution in [3.8, 4) is 0 Å². The minimum atomic E-state index is -0.225. The number of hydrogen-bond donors (Lipinski definition) is 1. The van der Waals surface area contributed by atoms with Gasteiger partial charge in [-0.2, -0.15) is 0 Å². The van der Waals surface area contributed by atoms with E-state index in [9.17, 15) is 9.59 Å². The number of piperidine rings is 1. The van der Waals surface area contributed by atoms with Crippen molar-refractivity contribution in [3.05, 3.63) is 36.5 Å². The number of carbonyl (C=O) groups is 2. The lowest BCUT2D eigenvalue weighted by Gasteiger charge is -2.21. The number of rotatable bonds is 3. The van der Waals surface area contributed by atoms with Crippen molar-refractivity contribution in [2.24, 2.45) is 5.92 Å². The highest BCUT2D eigenvalue weighted by molar-refractivity contribution is 6.00. The maximum absolute atomic E-state index is 11.6. The number of allylic oxidation sites excluding steroid dienone is 4. The summed E-state index contributed by atoms with van der Waals surface area (Å²) in [6.45, 7) is 9.50. The lowest BCUT2D eigenvalue weighted by molar-refractivity contribution is -0.135. The Balaban J connectivity index is 0.00000121. The maximum Gasteiger partial charge on any atom is 0.234 e. The summed E-state index contributed by atoms with van der Waals surface area (Å²) in [6, 6.07) is 0. The van der Waals surface area contributed by atoms with E-state index in [-0.39, 0.29) is 17.7 Å². The van der Waals surface area contributed by atoms with Gasteiger partial charge >= 0.3 is 0 Å². The molecule has 1 atom stereocenters. The van der Waals surface area contributed by atoms with E-state index in [0.29, 0.717) is 12.8 Å². The smallest absolute Gasteiger partial charge is 0.234 e. The van der Waals surface area contributed by atoms with E-state index in [1.807, 2.05) is 32.9 Å². The lowest BCUT2D eigenvalue weighted by atomic mass is 9.89. The van der Waals surface area contributed by atoms with Crippen molar-refractivity contribution in [3.63, 3.8) is 0 Å². The molecule has 17 heavy (non-hydrogen) atoms. The fourth-order valence-corrected chi connectivity index (χ4v) is 1.63. The zero-order valence-electron chi connectivity index (χ0n) is 10.8. The van der Waals surface area contributed by atoms with Gasteiger partial charge in [-0.25, -0.2) is 0 Å². The third-order valence-electron chi connectivity index (χ3n) is 2.31. The van der Waals surface area contributed by atoms with Gasteiger partial charge in [0.2, 0.25) is 11.8 Å². The van der Waals surface area contributed by atoms with Crippen LogP contribution in [0.4, 0.5) is 0 Å². The molecule has 1 aliphatic rings. The summed E-state index contributed by atoms with van der Waals surface area (Å²) in [6.07, 6.45) is 8.19. The molecular weight excluding hydrogens is 214 g/mol. The highest BCUT2D eigenvalue weighted by atomic mass is 16.2. The van der Waals surface area contributed by atoms with E-state index in [0.717, 1.165) is 5.57 Å². The lowest BCUT2D eigenvalue weighted by Crippen LogP contribution is -2.41. The van der Waals surface area contributed by atoms with E-state index in [1.54, 1.807) is 12.2 Å². The number of nitrogens with one attached hydrogen (secondary N) is 1. The van der Waals surface area contributed by atoms with Gasteiger partial charge in [0.15, 0.2) is 0 Å². The minimum absolute atomic E-state index is 0.185. The molecule has 0 radical (unpaired) electrons. The molecule has 2 amide bonds. The fraction of sp³-hybridized carbons (Fsp3) is 0.429. The predicted molar refractivity (Wildman–Crippen MR) is 70.3 cm³/mol. The predicted octanol–water partition coefficient (Wildman–Crippen LogP) is 2.75. The Kier molecular flexibility index (Phi) is 7.68. The van der Waals surface area contributed by atoms with Crippen LogP contribution in [0.5, 0.6) is 0 Å². The number of hydrogen-bond acceptors (Lipinski definition) is 2. The van der Waals surface area contributed by atoms with E-state index in [1.165, 1.54) is 0 Å². The van der Waals surface area contributed by atoms with E-state index >= 15 is 0 Å². The largest absolute Gasteiger partial charge is 0.296 e. The molecule has 0 aromatic heterocycles. The Hall–Kier alpha value is -1.64. The van der Waals surface area contributed by atoms with Crippen LogP contribution in [0.1, 0.15) is 33.6 Å². The topological polar surface area (TPSA) is 46.2 Å². The van der Waals surface area contributed by atoms with Gasteiger partial charge in [0.05, 0.1) is 5.92 Å². The molecule has 0 aromatic rings. The SMILES string of the molecule is C=C/C=C(\C=C/C)C1CCC(=O)NC1=O.CC. The summed E-state index contributed by atoms with van der Waals surface area (Å²) in [4.78, 5) is 22.5. The molecule has 0 aromatic carbocycles. The molecule has 1 heterocycles. The maximum atomic E-state index is 11.6. The molecule has 0 saturated carbocycles. The third-order valence-corrected chi connectivity index (χ3v) is 2.31. The molecule has 94 valence electrons. The second kappa shape index (κ2) is 8.50. The van der Waals surface area contributed by atoms with Crippen LogP contribution in [-0.2, 0) is 9.59 Å². The molecule has 3 heteroatoms. The molecule has 1 rings (SSSR count). The van der Waals surface area contributed by atoms with E-state index in [2.05, 4.69) is 11.9 Å². The number of amides is 2. The highest BCUT2D eigenvalue weighted by Crippen LogP contribution is 2.22. The Bertz CT molecular complexity index is 340. The molecule has 1 N–H and O–H groups in total. The first kappa shape index (κ1) is 15.4. The highest BCUT2D eigenvalue weighted by Gasteiger charge is 2.27. The minimum Gasteiger partial charge on any atom is -0.296 e. The summed E-state index contributed by atoms with van der Waals surface area (Å²) in [5, 5.41) is 2.34. The standard InChI is InChI=1S/C12H15NO2.C2H6/c1-3-5-9(6-4-2)10-7-8-11(14)13-12(10)15;1-2/h3-6,10H,1,7-8H2,2H3,(H,13,14,15);1-2H3/b6-4-,9-5+;. The Morgan fingerprint density at radius 3 is 2.53 bits per heavy atom. The Morgan fingerprint density at radius 1 is 1.41 bits per heavy atom. The summed E-state index contributed by atoms with van der Waals surface area (Å²) >= 11 is 0. The van der Waals surface area contributed by atoms with Crippen LogP contribution in [0.25, 0.3) is 0 Å². The van der Waals surface area contributed by atoms with Crippen LogP contribution in [0, 0.1) is 5.92 Å². The van der Waals surface area contributed by atoms with Crippen LogP contribution in [0.3, 0.4) is 0 Å². The third kappa shape index (κ3) is 4.81. The van der Waals surface area contributed by atoms with Crippen molar-refractivity contribution in [1.29, 1.82) is 0 Å². The molecular formula is C14H21NO2. The van der Waals surface area contributed by atoms with Gasteiger partial charge in [-0.3, -0.25) is 14.9 Å². The van der Waals surface area contributed by atoms with Crippen molar-refractivity contribution in [2.75, 3.05) is 0 Å². The van der Waals surface area contributed by atoms with Crippen molar-refractivity contribution < 1.29 is 9.59 Å².